The highest BCUT2D eigenvalue weighted by Gasteiger charge is 2.16. The Morgan fingerprint density at radius 1 is 1.29 bits per heavy atom. The van der Waals surface area contributed by atoms with Gasteiger partial charge in [-0.1, -0.05) is 18.2 Å². The average Bonchev–Trinajstić information content (AvgIpc) is 2.51. The third kappa shape index (κ3) is 2.85. The summed E-state index contributed by atoms with van der Waals surface area (Å²) in [5.41, 5.74) is 5.71. The second kappa shape index (κ2) is 5.68. The lowest BCUT2D eigenvalue weighted by Crippen LogP contribution is -2.23. The number of halogens is 1. The summed E-state index contributed by atoms with van der Waals surface area (Å²) >= 11 is 0. The Hall–Kier alpha value is -2.81. The molecule has 9 heteroatoms. The number of aromatic nitrogens is 3. The fourth-order valence-corrected chi connectivity index (χ4v) is 2.78. The molecule has 0 radical (unpaired) electrons. The molecule has 7 nitrogen and oxygen atoms in total. The molecule has 0 aliphatic heterocycles. The molecule has 2 N–H and O–H groups in total. The molecule has 0 spiro atoms. The van der Waals surface area contributed by atoms with Crippen LogP contribution in [0.3, 0.4) is 0 Å². The van der Waals surface area contributed by atoms with Crippen molar-refractivity contribution in [3.8, 4) is 0 Å². The predicted molar refractivity (Wildman–Crippen MR) is 86.8 cm³/mol. The van der Waals surface area contributed by atoms with E-state index >= 15 is 0 Å². The number of sulfone groups is 1. The topological polar surface area (TPSA) is 108 Å². The van der Waals surface area contributed by atoms with Crippen molar-refractivity contribution in [2.75, 3.05) is 12.0 Å². The van der Waals surface area contributed by atoms with Crippen LogP contribution >= 0.6 is 0 Å². The lowest BCUT2D eigenvalue weighted by molar-refractivity contribution is 0.590. The summed E-state index contributed by atoms with van der Waals surface area (Å²) in [5, 5.41) is -0.111. The highest BCUT2D eigenvalue weighted by molar-refractivity contribution is 7.90. The summed E-state index contributed by atoms with van der Waals surface area (Å²) in [7, 11) is -3.67. The molecular formula is C15H13FN4O3S. The smallest absolute Gasteiger partial charge is 0.254 e. The van der Waals surface area contributed by atoms with Crippen LogP contribution < -0.4 is 11.3 Å². The predicted octanol–water partition coefficient (Wildman–Crippen LogP) is 0.965. The fraction of sp³-hybridized carbons (Fsp3) is 0.133. The number of nitrogens with two attached hydrogens (primary N) is 1. The molecule has 0 bridgehead atoms. The molecule has 2 heterocycles. The quantitative estimate of drug-likeness (QED) is 0.707. The second-order valence-electron chi connectivity index (χ2n) is 5.28. The highest BCUT2D eigenvalue weighted by atomic mass is 32.2. The van der Waals surface area contributed by atoms with Crippen molar-refractivity contribution in [2.24, 2.45) is 0 Å². The molecular weight excluding hydrogens is 335 g/mol. The normalized spacial score (nSPS) is 11.8. The fourth-order valence-electron chi connectivity index (χ4n) is 2.29. The van der Waals surface area contributed by atoms with Crippen molar-refractivity contribution in [1.82, 2.24) is 14.5 Å². The van der Waals surface area contributed by atoms with E-state index in [4.69, 9.17) is 5.73 Å². The van der Waals surface area contributed by atoms with Gasteiger partial charge in [-0.3, -0.25) is 9.36 Å². The monoisotopic (exact) mass is 348 g/mol. The maximum atomic E-state index is 13.9. The number of fused-ring (bicyclic) bond motifs is 1. The van der Waals surface area contributed by atoms with Crippen molar-refractivity contribution >= 4 is 26.6 Å². The van der Waals surface area contributed by atoms with E-state index in [0.29, 0.717) is 5.39 Å². The van der Waals surface area contributed by atoms with Gasteiger partial charge in [0.15, 0.2) is 0 Å². The third-order valence-corrected chi connectivity index (χ3v) is 4.34. The first-order valence-corrected chi connectivity index (χ1v) is 8.76. The van der Waals surface area contributed by atoms with E-state index in [2.05, 4.69) is 9.97 Å². The van der Waals surface area contributed by atoms with E-state index in [1.807, 2.05) is 0 Å². The van der Waals surface area contributed by atoms with E-state index in [9.17, 15) is 17.6 Å². The Balaban J connectivity index is 2.30. The number of nitrogen functional groups attached to an aromatic ring is 1. The van der Waals surface area contributed by atoms with Crippen LogP contribution in [0.5, 0.6) is 0 Å². The van der Waals surface area contributed by atoms with E-state index in [0.717, 1.165) is 6.26 Å². The van der Waals surface area contributed by atoms with Crippen LogP contribution in [0.2, 0.25) is 0 Å². The number of nitrogens with zero attached hydrogens (tertiary/aromatic N) is 3. The molecule has 0 aliphatic rings. The molecule has 124 valence electrons. The second-order valence-corrected chi connectivity index (χ2v) is 7.19. The minimum absolute atomic E-state index is 0.0404. The summed E-state index contributed by atoms with van der Waals surface area (Å²) in [4.78, 5) is 20.0. The van der Waals surface area contributed by atoms with Crippen molar-refractivity contribution in [3.63, 3.8) is 0 Å². The minimum Gasteiger partial charge on any atom is -0.398 e. The van der Waals surface area contributed by atoms with Crippen molar-refractivity contribution in [3.05, 3.63) is 58.3 Å². The number of anilines is 1. The number of benzene rings is 1. The Labute approximate surface area is 136 Å². The van der Waals surface area contributed by atoms with Gasteiger partial charge in [-0.15, -0.1) is 0 Å². The summed E-state index contributed by atoms with van der Waals surface area (Å²) in [6.45, 7) is -0.109. The zero-order chi connectivity index (χ0) is 17.5. The number of pyridine rings is 1. The van der Waals surface area contributed by atoms with Crippen molar-refractivity contribution in [2.45, 2.75) is 11.7 Å². The van der Waals surface area contributed by atoms with Crippen LogP contribution in [-0.2, 0) is 16.4 Å². The van der Waals surface area contributed by atoms with Crippen LogP contribution in [0.25, 0.3) is 11.0 Å². The lowest BCUT2D eigenvalue weighted by Gasteiger charge is -2.12. The van der Waals surface area contributed by atoms with Gasteiger partial charge < -0.3 is 5.73 Å². The van der Waals surface area contributed by atoms with E-state index < -0.39 is 26.4 Å². The lowest BCUT2D eigenvalue weighted by atomic mass is 10.2. The summed E-state index contributed by atoms with van der Waals surface area (Å²) in [5.74, 6) is -0.480. The molecule has 0 saturated carbocycles. The summed E-state index contributed by atoms with van der Waals surface area (Å²) in [6.07, 6.45) is 2.20. The number of hydrogen-bond donors (Lipinski definition) is 1. The van der Waals surface area contributed by atoms with Gasteiger partial charge in [0.2, 0.25) is 15.0 Å². The van der Waals surface area contributed by atoms with Gasteiger partial charge in [-0.05, 0) is 6.07 Å². The van der Waals surface area contributed by atoms with Gasteiger partial charge in [-0.25, -0.2) is 17.8 Å². The molecule has 0 atom stereocenters. The van der Waals surface area contributed by atoms with Crippen LogP contribution in [0.15, 0.2) is 46.5 Å². The zero-order valence-electron chi connectivity index (χ0n) is 12.6. The maximum Gasteiger partial charge on any atom is 0.254 e. The molecule has 0 unspecified atom stereocenters. The highest BCUT2D eigenvalue weighted by Crippen LogP contribution is 2.19. The van der Waals surface area contributed by atoms with Gasteiger partial charge in [-0.2, -0.15) is 4.98 Å². The maximum absolute atomic E-state index is 13.9. The van der Waals surface area contributed by atoms with Gasteiger partial charge in [0.25, 0.3) is 5.56 Å². The molecule has 1 aromatic carbocycles. The summed E-state index contributed by atoms with van der Waals surface area (Å²) in [6, 6.07) is 7.15. The minimum atomic E-state index is -3.67. The SMILES string of the molecule is CS(=O)(=O)c1ncc2c(N)cc(=O)n(Cc3ccccc3F)c2n1. The van der Waals surface area contributed by atoms with E-state index in [-0.39, 0.29) is 23.4 Å². The first-order valence-electron chi connectivity index (χ1n) is 6.87. The molecule has 0 amide bonds. The zero-order valence-corrected chi connectivity index (χ0v) is 13.4. The Morgan fingerprint density at radius 2 is 2.00 bits per heavy atom. The van der Waals surface area contributed by atoms with Crippen LogP contribution in [0.4, 0.5) is 10.1 Å². The first kappa shape index (κ1) is 16.1. The van der Waals surface area contributed by atoms with Gasteiger partial charge in [0.1, 0.15) is 11.5 Å². The largest absolute Gasteiger partial charge is 0.398 e. The first-order chi connectivity index (χ1) is 11.3. The molecule has 3 rings (SSSR count). The molecule has 0 fully saturated rings. The van der Waals surface area contributed by atoms with Crippen LogP contribution in [-0.4, -0.2) is 29.2 Å². The average molecular weight is 348 g/mol. The molecule has 2 aromatic heterocycles. The molecule has 24 heavy (non-hydrogen) atoms. The number of hydrogen-bond acceptors (Lipinski definition) is 6. The molecule has 0 saturated heterocycles. The van der Waals surface area contributed by atoms with Crippen molar-refractivity contribution < 1.29 is 12.8 Å². The van der Waals surface area contributed by atoms with Crippen molar-refractivity contribution in [1.29, 1.82) is 0 Å². The summed E-state index contributed by atoms with van der Waals surface area (Å²) < 4.78 is 38.4. The molecule has 3 aromatic rings. The Kier molecular flexibility index (Phi) is 3.80. The van der Waals surface area contributed by atoms with Gasteiger partial charge >= 0.3 is 0 Å². The standard InChI is InChI=1S/C15H13FN4O3S/c1-24(22,23)15-18-7-10-12(17)6-13(21)20(14(10)19-15)8-9-4-2-3-5-11(9)16/h2-7H,8,17H2,1H3. The number of rotatable bonds is 3. The Morgan fingerprint density at radius 3 is 2.67 bits per heavy atom. The Bertz CT molecular complexity index is 1110. The van der Waals surface area contributed by atoms with Crippen LogP contribution in [0, 0.1) is 5.82 Å². The molecule has 0 aliphatic carbocycles. The van der Waals surface area contributed by atoms with E-state index in [1.165, 1.54) is 35.0 Å². The van der Waals surface area contributed by atoms with Gasteiger partial charge in [0, 0.05) is 29.8 Å². The van der Waals surface area contributed by atoms with Crippen LogP contribution in [0.1, 0.15) is 5.56 Å². The van der Waals surface area contributed by atoms with E-state index in [1.54, 1.807) is 6.07 Å². The third-order valence-electron chi connectivity index (χ3n) is 3.48. The van der Waals surface area contributed by atoms with Gasteiger partial charge in [0.05, 0.1) is 11.9 Å².